The van der Waals surface area contributed by atoms with E-state index in [4.69, 9.17) is 9.47 Å². The summed E-state index contributed by atoms with van der Waals surface area (Å²) in [5, 5.41) is 21.6. The number of rotatable bonds is 0. The minimum absolute atomic E-state index is 0.151. The Balaban J connectivity index is 1.31. The van der Waals surface area contributed by atoms with Crippen molar-refractivity contribution in [3.8, 4) is 0 Å². The maximum atomic E-state index is 11.4. The van der Waals surface area contributed by atoms with Crippen LogP contribution in [0.3, 0.4) is 0 Å². The maximum absolute atomic E-state index is 11.4. The molecule has 0 aromatic carbocycles. The number of ether oxygens (including phenoxy) is 2. The highest BCUT2D eigenvalue weighted by molar-refractivity contribution is 5.28. The van der Waals surface area contributed by atoms with Crippen LogP contribution in [-0.4, -0.2) is 40.9 Å². The largest absolute Gasteiger partial charge is 0.393 e. The fourth-order valence-corrected chi connectivity index (χ4v) is 9.65. The van der Waals surface area contributed by atoms with Crippen molar-refractivity contribution in [2.45, 2.75) is 103 Å². The summed E-state index contributed by atoms with van der Waals surface area (Å²) < 4.78 is 13.3. The molecule has 2 aliphatic heterocycles. The van der Waals surface area contributed by atoms with Crippen LogP contribution in [0.1, 0.15) is 79.1 Å². The molecule has 4 nitrogen and oxygen atoms in total. The predicted molar refractivity (Wildman–Crippen MR) is 119 cm³/mol. The highest BCUT2D eigenvalue weighted by Gasteiger charge is 2.69. The van der Waals surface area contributed by atoms with E-state index < -0.39 is 0 Å². The molecular weight excluding hydrogens is 388 g/mol. The Hall–Kier alpha value is -0.420. The van der Waals surface area contributed by atoms with Crippen LogP contribution >= 0.6 is 0 Å². The second-order valence-electron chi connectivity index (χ2n) is 12.8. The van der Waals surface area contributed by atoms with E-state index in [0.29, 0.717) is 35.5 Å². The van der Waals surface area contributed by atoms with Crippen LogP contribution in [0.5, 0.6) is 0 Å². The van der Waals surface area contributed by atoms with Crippen LogP contribution in [0, 0.1) is 46.3 Å². The fraction of sp³-hybridized carbons (Fsp3) is 0.926. The summed E-state index contributed by atoms with van der Waals surface area (Å²) in [6.45, 7) is 10.4. The van der Waals surface area contributed by atoms with E-state index in [1.54, 1.807) is 0 Å². The minimum atomic E-state index is -0.377. The van der Waals surface area contributed by atoms with Crippen LogP contribution in [0.25, 0.3) is 0 Å². The molecule has 6 rings (SSSR count). The van der Waals surface area contributed by atoms with Gasteiger partial charge in [0.2, 0.25) is 0 Å². The monoisotopic (exact) mass is 430 g/mol. The molecule has 0 radical (unpaired) electrons. The van der Waals surface area contributed by atoms with Gasteiger partial charge in [0, 0.05) is 12.3 Å². The van der Waals surface area contributed by atoms with E-state index in [0.717, 1.165) is 38.7 Å². The second-order valence-corrected chi connectivity index (χ2v) is 12.8. The SMILES string of the molecule is C[C@H]1CC[C@@]2(OC1)O[C@H]1C[C@H]3[C@@H]4[C@H](O)C=C5C[C@@H](O)CC[C@]5(C)[C@H]4CC[C@]3(C)[C@H]1[C@@H]2C. The van der Waals surface area contributed by atoms with Crippen molar-refractivity contribution >= 4 is 0 Å². The molecule has 31 heavy (non-hydrogen) atoms. The second kappa shape index (κ2) is 6.81. The van der Waals surface area contributed by atoms with Gasteiger partial charge in [0.1, 0.15) is 0 Å². The zero-order valence-electron chi connectivity index (χ0n) is 19.8. The van der Waals surface area contributed by atoms with Gasteiger partial charge in [0.25, 0.3) is 0 Å². The van der Waals surface area contributed by atoms with E-state index >= 15 is 0 Å². The Kier molecular flexibility index (Phi) is 4.64. The number of hydrogen-bond acceptors (Lipinski definition) is 4. The Morgan fingerprint density at radius 2 is 1.81 bits per heavy atom. The van der Waals surface area contributed by atoms with Crippen LogP contribution in [0.2, 0.25) is 0 Å². The standard InChI is InChI=1S/C27H42O4/c1-15-5-10-27(30-14-15)16(2)24-22(31-27)13-20-23-19(7-9-26(20,24)4)25(3)8-6-18(28)11-17(25)12-21(23)29/h12,15-16,18-24,28-29H,5-11,13-14H2,1-4H3/t15-,16-,18-,19-,20-,21+,22-,23+,24-,25-,26-,27+/m0/s1. The zero-order chi connectivity index (χ0) is 21.8. The molecule has 0 aromatic heterocycles. The van der Waals surface area contributed by atoms with Crippen LogP contribution in [0.15, 0.2) is 11.6 Å². The Bertz CT molecular complexity index is 769. The topological polar surface area (TPSA) is 58.9 Å². The number of aliphatic hydroxyl groups is 2. The van der Waals surface area contributed by atoms with Crippen molar-refractivity contribution in [1.29, 1.82) is 0 Å². The van der Waals surface area contributed by atoms with Crippen molar-refractivity contribution in [1.82, 2.24) is 0 Å². The molecule has 6 aliphatic rings. The molecule has 0 bridgehead atoms. The summed E-state index contributed by atoms with van der Waals surface area (Å²) in [4.78, 5) is 0. The molecule has 174 valence electrons. The van der Waals surface area contributed by atoms with Gasteiger partial charge < -0.3 is 19.7 Å². The fourth-order valence-electron chi connectivity index (χ4n) is 9.65. The first-order valence-corrected chi connectivity index (χ1v) is 13.1. The molecule has 2 heterocycles. The summed E-state index contributed by atoms with van der Waals surface area (Å²) in [5.41, 5.74) is 1.70. The predicted octanol–water partition coefficient (Wildman–Crippen LogP) is 4.68. The van der Waals surface area contributed by atoms with Crippen molar-refractivity contribution in [2.75, 3.05) is 6.61 Å². The van der Waals surface area contributed by atoms with Gasteiger partial charge in [-0.3, -0.25) is 0 Å². The van der Waals surface area contributed by atoms with Gasteiger partial charge in [0.15, 0.2) is 5.79 Å². The van der Waals surface area contributed by atoms with E-state index in [2.05, 4.69) is 33.8 Å². The van der Waals surface area contributed by atoms with Crippen molar-refractivity contribution < 1.29 is 19.7 Å². The smallest absolute Gasteiger partial charge is 0.171 e. The molecule has 4 aliphatic carbocycles. The zero-order valence-corrected chi connectivity index (χ0v) is 19.8. The van der Waals surface area contributed by atoms with Gasteiger partial charge in [-0.25, -0.2) is 0 Å². The average Bonchev–Trinajstić information content (AvgIpc) is 3.16. The van der Waals surface area contributed by atoms with Crippen LogP contribution in [0.4, 0.5) is 0 Å². The van der Waals surface area contributed by atoms with E-state index in [-0.39, 0.29) is 34.9 Å². The molecule has 0 unspecified atom stereocenters. The lowest BCUT2D eigenvalue weighted by molar-refractivity contribution is -0.273. The quantitative estimate of drug-likeness (QED) is 0.548. The lowest BCUT2D eigenvalue weighted by atomic mass is 9.46. The highest BCUT2D eigenvalue weighted by Crippen LogP contribution is 2.70. The molecule has 2 N–H and O–H groups in total. The van der Waals surface area contributed by atoms with Gasteiger partial charge in [0.05, 0.1) is 24.9 Å². The molecule has 0 aromatic rings. The summed E-state index contributed by atoms with van der Waals surface area (Å²) >= 11 is 0. The molecule has 3 saturated carbocycles. The maximum Gasteiger partial charge on any atom is 0.171 e. The summed E-state index contributed by atoms with van der Waals surface area (Å²) in [6.07, 6.45) is 10.3. The molecular formula is C27H42O4. The van der Waals surface area contributed by atoms with Gasteiger partial charge >= 0.3 is 0 Å². The van der Waals surface area contributed by atoms with Crippen molar-refractivity contribution in [2.24, 2.45) is 46.3 Å². The van der Waals surface area contributed by atoms with Gasteiger partial charge in [-0.1, -0.05) is 39.3 Å². The third-order valence-electron chi connectivity index (χ3n) is 11.4. The first-order valence-electron chi connectivity index (χ1n) is 13.1. The van der Waals surface area contributed by atoms with Gasteiger partial charge in [-0.05, 0) is 85.4 Å². The van der Waals surface area contributed by atoms with E-state index in [9.17, 15) is 10.2 Å². The normalized spacial score (nSPS) is 60.7. The summed E-state index contributed by atoms with van der Waals surface area (Å²) in [7, 11) is 0. The molecule has 5 fully saturated rings. The van der Waals surface area contributed by atoms with Gasteiger partial charge in [-0.2, -0.15) is 0 Å². The number of fused-ring (bicyclic) bond motifs is 7. The van der Waals surface area contributed by atoms with Gasteiger partial charge in [-0.15, -0.1) is 0 Å². The van der Waals surface area contributed by atoms with E-state index in [1.807, 2.05) is 0 Å². The molecule has 0 amide bonds. The average molecular weight is 431 g/mol. The Morgan fingerprint density at radius 1 is 1.00 bits per heavy atom. The number of hydrogen-bond donors (Lipinski definition) is 2. The minimum Gasteiger partial charge on any atom is -0.393 e. The van der Waals surface area contributed by atoms with Crippen molar-refractivity contribution in [3.63, 3.8) is 0 Å². The highest BCUT2D eigenvalue weighted by atomic mass is 16.7. The Morgan fingerprint density at radius 3 is 2.55 bits per heavy atom. The Labute approximate surface area is 187 Å². The summed E-state index contributed by atoms with van der Waals surface area (Å²) in [6, 6.07) is 0. The number of aliphatic hydroxyl groups excluding tert-OH is 2. The molecule has 1 spiro atoms. The first-order chi connectivity index (χ1) is 14.7. The molecule has 2 saturated heterocycles. The van der Waals surface area contributed by atoms with E-state index in [1.165, 1.54) is 24.8 Å². The third-order valence-corrected chi connectivity index (χ3v) is 11.4. The summed E-state index contributed by atoms with van der Waals surface area (Å²) in [5.74, 6) is 2.59. The molecule has 4 heteroatoms. The van der Waals surface area contributed by atoms with Crippen LogP contribution in [-0.2, 0) is 9.47 Å². The lowest BCUT2D eigenvalue weighted by Gasteiger charge is -2.59. The van der Waals surface area contributed by atoms with Crippen molar-refractivity contribution in [3.05, 3.63) is 11.6 Å². The lowest BCUT2D eigenvalue weighted by Crippen LogP contribution is -2.55. The molecule has 12 atom stereocenters. The third kappa shape index (κ3) is 2.74. The van der Waals surface area contributed by atoms with Crippen LogP contribution < -0.4 is 0 Å². The first kappa shape index (κ1) is 21.1.